The number of carbonyl (C=O) groups is 2. The van der Waals surface area contributed by atoms with Crippen LogP contribution in [-0.2, 0) is 23.1 Å². The molecule has 1 atom stereocenters. The summed E-state index contributed by atoms with van der Waals surface area (Å²) in [7, 11) is -3.77. The Bertz CT molecular complexity index is 380. The Morgan fingerprint density at radius 1 is 1.15 bits per heavy atom. The molecule has 8 heteroatoms. The zero-order valence-electron chi connectivity index (χ0n) is 12.9. The lowest BCUT2D eigenvalue weighted by Gasteiger charge is -2.26. The molecule has 0 aliphatic rings. The normalized spacial score (nSPS) is 13.7. The molecule has 0 aliphatic heterocycles. The molecule has 7 nitrogen and oxygen atoms in total. The van der Waals surface area contributed by atoms with Gasteiger partial charge in [-0.3, -0.25) is 9.36 Å². The van der Waals surface area contributed by atoms with Crippen LogP contribution in [0.15, 0.2) is 0 Å². The average Bonchev–Trinajstić information content (AvgIpc) is 2.23. The second kappa shape index (κ2) is 7.76. The summed E-state index contributed by atoms with van der Waals surface area (Å²) in [5.74, 6) is -1.90. The molecule has 0 aromatic rings. The molecule has 0 bridgehead atoms. The Balaban J connectivity index is 5.08. The number of ketones is 1. The summed E-state index contributed by atoms with van der Waals surface area (Å²) in [4.78, 5) is 23.3. The van der Waals surface area contributed by atoms with Gasteiger partial charge in [0.1, 0.15) is 5.60 Å². The number of ether oxygens (including phenoxy) is 1. The minimum Gasteiger partial charge on any atom is -0.444 e. The van der Waals surface area contributed by atoms with Crippen LogP contribution in [0.5, 0.6) is 0 Å². The predicted octanol–water partition coefficient (Wildman–Crippen LogP) is 2.69. The molecule has 0 heterocycles. The zero-order valence-corrected chi connectivity index (χ0v) is 13.8. The highest BCUT2D eigenvalue weighted by Gasteiger charge is 2.41. The van der Waals surface area contributed by atoms with Crippen LogP contribution >= 0.6 is 7.60 Å². The summed E-state index contributed by atoms with van der Waals surface area (Å²) in [6, 6.07) is 0. The first-order valence-electron chi connectivity index (χ1n) is 6.44. The van der Waals surface area contributed by atoms with E-state index in [2.05, 4.69) is 5.32 Å². The maximum atomic E-state index is 12.5. The lowest BCUT2D eigenvalue weighted by molar-refractivity contribution is -0.117. The monoisotopic (exact) mass is 309 g/mol. The van der Waals surface area contributed by atoms with E-state index in [0.29, 0.717) is 0 Å². The van der Waals surface area contributed by atoms with Gasteiger partial charge in [0.2, 0.25) is 0 Å². The maximum absolute atomic E-state index is 12.5. The van der Waals surface area contributed by atoms with Crippen molar-refractivity contribution in [3.63, 3.8) is 0 Å². The summed E-state index contributed by atoms with van der Waals surface area (Å²) in [6.07, 6.45) is -0.850. The maximum Gasteiger partial charge on any atom is 0.408 e. The fourth-order valence-electron chi connectivity index (χ4n) is 1.37. The quantitative estimate of drug-likeness (QED) is 0.727. The Morgan fingerprint density at radius 3 is 1.90 bits per heavy atom. The SMILES string of the molecule is CCOP(=O)(OCC)C(NC(=O)OC(C)(C)C)C(C)=O. The Labute approximate surface area is 119 Å². The molecule has 0 saturated heterocycles. The third-order valence-electron chi connectivity index (χ3n) is 1.97. The molecule has 0 spiro atoms. The Morgan fingerprint density at radius 2 is 1.60 bits per heavy atom. The number of hydrogen-bond acceptors (Lipinski definition) is 6. The number of alkyl carbamates (subject to hydrolysis) is 1. The van der Waals surface area contributed by atoms with Gasteiger partial charge in [0.05, 0.1) is 13.2 Å². The molecule has 0 aromatic carbocycles. The van der Waals surface area contributed by atoms with Crippen molar-refractivity contribution in [1.82, 2.24) is 5.32 Å². The largest absolute Gasteiger partial charge is 0.444 e. The minimum absolute atomic E-state index is 0.0943. The number of Topliss-reactive ketones (excluding diaryl/α,β-unsaturated/α-hetero) is 1. The average molecular weight is 309 g/mol. The molecule has 1 unspecified atom stereocenters. The molecule has 1 amide bonds. The van der Waals surface area contributed by atoms with Crippen molar-refractivity contribution >= 4 is 19.5 Å². The van der Waals surface area contributed by atoms with Gasteiger partial charge in [-0.1, -0.05) is 0 Å². The Kier molecular flexibility index (Phi) is 7.41. The van der Waals surface area contributed by atoms with Crippen molar-refractivity contribution in [2.75, 3.05) is 13.2 Å². The third-order valence-corrected chi connectivity index (χ3v) is 4.33. The molecule has 0 radical (unpaired) electrons. The summed E-state index contributed by atoms with van der Waals surface area (Å²) >= 11 is 0. The fourth-order valence-corrected chi connectivity index (χ4v) is 3.17. The summed E-state index contributed by atoms with van der Waals surface area (Å²) in [6.45, 7) is 9.67. The van der Waals surface area contributed by atoms with Crippen LogP contribution in [-0.4, -0.2) is 36.5 Å². The van der Waals surface area contributed by atoms with Crippen molar-refractivity contribution in [2.24, 2.45) is 0 Å². The van der Waals surface area contributed by atoms with Gasteiger partial charge in [0.25, 0.3) is 0 Å². The van der Waals surface area contributed by atoms with Gasteiger partial charge in [0.15, 0.2) is 11.6 Å². The van der Waals surface area contributed by atoms with Crippen molar-refractivity contribution in [2.45, 2.75) is 52.9 Å². The highest BCUT2D eigenvalue weighted by atomic mass is 31.2. The van der Waals surface area contributed by atoms with Crippen LogP contribution in [0.1, 0.15) is 41.5 Å². The second-order valence-electron chi connectivity index (χ2n) is 5.03. The molecule has 0 fully saturated rings. The number of carbonyl (C=O) groups excluding carboxylic acids is 2. The first-order chi connectivity index (χ1) is 9.05. The summed E-state index contributed by atoms with van der Waals surface area (Å²) in [5, 5.41) is 2.26. The van der Waals surface area contributed by atoms with E-state index in [0.717, 1.165) is 0 Å². The molecule has 20 heavy (non-hydrogen) atoms. The molecule has 118 valence electrons. The Hall–Kier alpha value is -0.910. The van der Waals surface area contributed by atoms with Gasteiger partial charge in [-0.05, 0) is 41.5 Å². The van der Waals surface area contributed by atoms with Crippen molar-refractivity contribution < 1.29 is 27.9 Å². The van der Waals surface area contributed by atoms with Gasteiger partial charge in [0, 0.05) is 0 Å². The first-order valence-corrected chi connectivity index (χ1v) is 8.05. The number of amides is 1. The highest BCUT2D eigenvalue weighted by molar-refractivity contribution is 7.55. The molecule has 1 N–H and O–H groups in total. The van der Waals surface area contributed by atoms with Gasteiger partial charge in [-0.15, -0.1) is 0 Å². The minimum atomic E-state index is -3.77. The van der Waals surface area contributed by atoms with E-state index in [-0.39, 0.29) is 13.2 Å². The van der Waals surface area contributed by atoms with Gasteiger partial charge < -0.3 is 19.1 Å². The van der Waals surface area contributed by atoms with Crippen molar-refractivity contribution in [3.8, 4) is 0 Å². The smallest absolute Gasteiger partial charge is 0.408 e. The number of hydrogen-bond donors (Lipinski definition) is 1. The number of rotatable bonds is 7. The summed E-state index contributed by atoms with van der Waals surface area (Å²) < 4.78 is 27.7. The topological polar surface area (TPSA) is 90.9 Å². The summed E-state index contributed by atoms with van der Waals surface area (Å²) in [5.41, 5.74) is -0.730. The molecule has 0 aliphatic carbocycles. The molecular formula is C12H24NO6P. The van der Waals surface area contributed by atoms with Gasteiger partial charge in [-0.2, -0.15) is 0 Å². The van der Waals surface area contributed by atoms with E-state index in [1.54, 1.807) is 34.6 Å². The van der Waals surface area contributed by atoms with E-state index in [4.69, 9.17) is 13.8 Å². The van der Waals surface area contributed by atoms with Gasteiger partial charge in [-0.25, -0.2) is 4.79 Å². The van der Waals surface area contributed by atoms with Crippen LogP contribution in [0.2, 0.25) is 0 Å². The molecule has 0 saturated carbocycles. The lowest BCUT2D eigenvalue weighted by atomic mass is 10.2. The van der Waals surface area contributed by atoms with E-state index >= 15 is 0 Å². The highest BCUT2D eigenvalue weighted by Crippen LogP contribution is 2.52. The lowest BCUT2D eigenvalue weighted by Crippen LogP contribution is -2.43. The van der Waals surface area contributed by atoms with E-state index in [9.17, 15) is 14.2 Å². The van der Waals surface area contributed by atoms with Gasteiger partial charge >= 0.3 is 13.7 Å². The zero-order chi connectivity index (χ0) is 16.0. The van der Waals surface area contributed by atoms with Crippen molar-refractivity contribution in [3.05, 3.63) is 0 Å². The van der Waals surface area contributed by atoms with Crippen LogP contribution in [0, 0.1) is 0 Å². The molecular weight excluding hydrogens is 285 g/mol. The van der Waals surface area contributed by atoms with Crippen molar-refractivity contribution in [1.29, 1.82) is 0 Å². The second-order valence-corrected chi connectivity index (χ2v) is 7.15. The predicted molar refractivity (Wildman–Crippen MR) is 74.7 cm³/mol. The standard InChI is InChI=1S/C12H24NO6P/c1-7-17-20(16,18-8-2)10(9(3)14)13-11(15)19-12(4,5)6/h10H,7-8H2,1-6H3,(H,13,15). The fraction of sp³-hybridized carbons (Fsp3) is 0.833. The van der Waals surface area contributed by atoms with E-state index in [1.165, 1.54) is 6.92 Å². The van der Waals surface area contributed by atoms with E-state index in [1.807, 2.05) is 0 Å². The first kappa shape index (κ1) is 19.1. The van der Waals surface area contributed by atoms with Crippen LogP contribution in [0.25, 0.3) is 0 Å². The van der Waals surface area contributed by atoms with Crippen LogP contribution in [0.3, 0.4) is 0 Å². The number of nitrogens with one attached hydrogen (secondary N) is 1. The molecule has 0 aromatic heterocycles. The van der Waals surface area contributed by atoms with E-state index < -0.39 is 30.9 Å². The van der Waals surface area contributed by atoms with Crippen LogP contribution in [0.4, 0.5) is 4.79 Å². The van der Waals surface area contributed by atoms with Crippen LogP contribution < -0.4 is 5.32 Å². The third kappa shape index (κ3) is 6.50. The molecule has 0 rings (SSSR count).